The lowest BCUT2D eigenvalue weighted by molar-refractivity contribution is -0.135. The Morgan fingerprint density at radius 3 is 2.23 bits per heavy atom. The third-order valence-electron chi connectivity index (χ3n) is 7.90. The van der Waals surface area contributed by atoms with Crippen LogP contribution in [0.2, 0.25) is 5.02 Å². The van der Waals surface area contributed by atoms with Crippen molar-refractivity contribution in [3.8, 4) is 11.5 Å². The molecule has 2 saturated heterocycles. The van der Waals surface area contributed by atoms with Gasteiger partial charge >= 0.3 is 0 Å². The van der Waals surface area contributed by atoms with Gasteiger partial charge in [-0.15, -0.1) is 0 Å². The zero-order chi connectivity index (χ0) is 27.5. The molecular weight excluding hydrogens is 514 g/mol. The summed E-state index contributed by atoms with van der Waals surface area (Å²) in [6.45, 7) is 5.67. The van der Waals surface area contributed by atoms with E-state index in [1.54, 1.807) is 43.4 Å². The maximum absolute atomic E-state index is 14.1. The van der Waals surface area contributed by atoms with Crippen molar-refractivity contribution in [3.05, 3.63) is 88.4 Å². The van der Waals surface area contributed by atoms with Crippen LogP contribution in [0.3, 0.4) is 0 Å². The third-order valence-corrected chi connectivity index (χ3v) is 8.15. The second-order valence-electron chi connectivity index (χ2n) is 10.1. The first-order valence-corrected chi connectivity index (χ1v) is 13.6. The molecule has 0 aliphatic carbocycles. The zero-order valence-corrected chi connectivity index (χ0v) is 23.4. The van der Waals surface area contributed by atoms with Gasteiger partial charge in [-0.2, -0.15) is 0 Å². The zero-order valence-electron chi connectivity index (χ0n) is 22.6. The summed E-state index contributed by atoms with van der Waals surface area (Å²) in [4.78, 5) is 33.6. The molecule has 2 amide bonds. The van der Waals surface area contributed by atoms with E-state index in [1.165, 1.54) is 11.3 Å². The maximum Gasteiger partial charge on any atom is 0.253 e. The van der Waals surface area contributed by atoms with Gasteiger partial charge in [0.25, 0.3) is 5.91 Å². The molecule has 2 aliphatic rings. The number of para-hydroxylation sites is 1. The van der Waals surface area contributed by atoms with Crippen molar-refractivity contribution < 1.29 is 19.1 Å². The highest BCUT2D eigenvalue weighted by molar-refractivity contribution is 6.30. The number of methoxy groups -OCH3 is 2. The van der Waals surface area contributed by atoms with Crippen LogP contribution in [-0.2, 0) is 4.79 Å². The number of hydrogen-bond acceptors (Lipinski definition) is 5. The van der Waals surface area contributed by atoms with E-state index in [1.807, 2.05) is 29.2 Å². The summed E-state index contributed by atoms with van der Waals surface area (Å²) in [7, 11) is 3.24. The molecule has 5 rings (SSSR count). The van der Waals surface area contributed by atoms with Gasteiger partial charge in [-0.3, -0.25) is 9.59 Å². The molecule has 2 aliphatic heterocycles. The normalized spacial score (nSPS) is 19.2. The van der Waals surface area contributed by atoms with E-state index in [0.717, 1.165) is 18.7 Å². The number of aryl methyl sites for hydroxylation is 1. The number of carbonyl (C=O) groups is 2. The maximum atomic E-state index is 14.1. The van der Waals surface area contributed by atoms with Gasteiger partial charge in [0.2, 0.25) is 5.91 Å². The number of rotatable bonds is 6. The minimum absolute atomic E-state index is 0.0701. The van der Waals surface area contributed by atoms with Crippen molar-refractivity contribution in [1.82, 2.24) is 9.80 Å². The van der Waals surface area contributed by atoms with E-state index in [0.29, 0.717) is 48.3 Å². The van der Waals surface area contributed by atoms with Crippen LogP contribution in [0.5, 0.6) is 11.5 Å². The summed E-state index contributed by atoms with van der Waals surface area (Å²) in [6, 6.07) is 20.9. The molecule has 0 N–H and O–H groups in total. The van der Waals surface area contributed by atoms with E-state index < -0.39 is 5.92 Å². The van der Waals surface area contributed by atoms with Crippen LogP contribution in [0.15, 0.2) is 66.7 Å². The van der Waals surface area contributed by atoms with Gasteiger partial charge in [0.05, 0.1) is 20.1 Å². The van der Waals surface area contributed by atoms with Crippen molar-refractivity contribution in [2.24, 2.45) is 5.92 Å². The topological polar surface area (TPSA) is 62.3 Å². The quantitative estimate of drug-likeness (QED) is 0.440. The summed E-state index contributed by atoms with van der Waals surface area (Å²) >= 11 is 6.05. The van der Waals surface area contributed by atoms with Gasteiger partial charge < -0.3 is 24.2 Å². The summed E-state index contributed by atoms with van der Waals surface area (Å²) in [5, 5.41) is 0.574. The largest absolute Gasteiger partial charge is 0.497 e. The highest BCUT2D eigenvalue weighted by Gasteiger charge is 2.44. The number of amides is 2. The van der Waals surface area contributed by atoms with Crippen molar-refractivity contribution in [2.75, 3.05) is 58.4 Å². The Morgan fingerprint density at radius 1 is 0.846 bits per heavy atom. The van der Waals surface area contributed by atoms with E-state index in [2.05, 4.69) is 30.0 Å². The van der Waals surface area contributed by atoms with Crippen LogP contribution in [0.1, 0.15) is 27.4 Å². The van der Waals surface area contributed by atoms with Crippen LogP contribution in [0.4, 0.5) is 5.69 Å². The van der Waals surface area contributed by atoms with E-state index in [9.17, 15) is 9.59 Å². The Hall–Kier alpha value is -3.71. The molecule has 2 heterocycles. The highest BCUT2D eigenvalue weighted by atomic mass is 35.5. The highest BCUT2D eigenvalue weighted by Crippen LogP contribution is 2.41. The van der Waals surface area contributed by atoms with Crippen LogP contribution >= 0.6 is 11.6 Å². The molecule has 2 atom stereocenters. The number of carbonyl (C=O) groups excluding carboxylic acids is 2. The van der Waals surface area contributed by atoms with E-state index in [-0.39, 0.29) is 17.7 Å². The van der Waals surface area contributed by atoms with Crippen LogP contribution in [0.25, 0.3) is 0 Å². The van der Waals surface area contributed by atoms with Crippen LogP contribution < -0.4 is 14.4 Å². The molecule has 0 spiro atoms. The number of ether oxygens (including phenoxy) is 2. The first-order valence-electron chi connectivity index (χ1n) is 13.3. The molecule has 204 valence electrons. The molecule has 0 bridgehead atoms. The predicted octanol–water partition coefficient (Wildman–Crippen LogP) is 4.87. The van der Waals surface area contributed by atoms with Gasteiger partial charge in [0.1, 0.15) is 11.5 Å². The third kappa shape index (κ3) is 5.55. The number of piperazine rings is 1. The number of hydrogen-bond donors (Lipinski definition) is 0. The van der Waals surface area contributed by atoms with Crippen molar-refractivity contribution in [3.63, 3.8) is 0 Å². The SMILES string of the molecule is COc1ccc(OC)c(C2CN(C(=O)c3ccc(Cl)cc3)CC2C(=O)N2CCN(c3ccccc3C)CC2)c1. The average Bonchev–Trinajstić information content (AvgIpc) is 3.42. The molecule has 8 heteroatoms. The second kappa shape index (κ2) is 11.6. The van der Waals surface area contributed by atoms with Gasteiger partial charge in [0.15, 0.2) is 0 Å². The number of likely N-dealkylation sites (tertiary alicyclic amines) is 1. The molecule has 39 heavy (non-hydrogen) atoms. The minimum atomic E-state index is -0.396. The van der Waals surface area contributed by atoms with Gasteiger partial charge in [-0.05, 0) is 61.0 Å². The first kappa shape index (κ1) is 26.9. The molecular formula is C31H34ClN3O4. The number of nitrogens with zero attached hydrogens (tertiary/aromatic N) is 3. The molecule has 0 aromatic heterocycles. The Labute approximate surface area is 234 Å². The molecule has 0 radical (unpaired) electrons. The molecule has 3 aromatic carbocycles. The lowest BCUT2D eigenvalue weighted by Gasteiger charge is -2.38. The monoisotopic (exact) mass is 547 g/mol. The Balaban J connectivity index is 1.40. The second-order valence-corrected chi connectivity index (χ2v) is 10.6. The molecule has 2 unspecified atom stereocenters. The van der Waals surface area contributed by atoms with Crippen LogP contribution in [-0.4, -0.2) is 75.1 Å². The Kier molecular flexibility index (Phi) is 7.98. The fraction of sp³-hybridized carbons (Fsp3) is 0.355. The predicted molar refractivity (Wildman–Crippen MR) is 153 cm³/mol. The lowest BCUT2D eigenvalue weighted by atomic mass is 9.87. The van der Waals surface area contributed by atoms with Crippen LogP contribution in [0, 0.1) is 12.8 Å². The van der Waals surface area contributed by atoms with Gasteiger partial charge in [-0.1, -0.05) is 29.8 Å². The molecule has 3 aromatic rings. The lowest BCUT2D eigenvalue weighted by Crippen LogP contribution is -2.51. The van der Waals surface area contributed by atoms with Gasteiger partial charge in [-0.25, -0.2) is 0 Å². The van der Waals surface area contributed by atoms with Gasteiger partial charge in [0, 0.05) is 67.0 Å². The number of anilines is 1. The minimum Gasteiger partial charge on any atom is -0.497 e. The van der Waals surface area contributed by atoms with Crippen molar-refractivity contribution in [2.45, 2.75) is 12.8 Å². The fourth-order valence-corrected chi connectivity index (χ4v) is 5.89. The molecule has 0 saturated carbocycles. The Bertz CT molecular complexity index is 1340. The van der Waals surface area contributed by atoms with E-state index >= 15 is 0 Å². The fourth-order valence-electron chi connectivity index (χ4n) is 5.76. The summed E-state index contributed by atoms with van der Waals surface area (Å²) in [5.74, 6) is 0.703. The average molecular weight is 548 g/mol. The summed E-state index contributed by atoms with van der Waals surface area (Å²) in [5.41, 5.74) is 3.87. The smallest absolute Gasteiger partial charge is 0.253 e. The molecule has 2 fully saturated rings. The summed E-state index contributed by atoms with van der Waals surface area (Å²) < 4.78 is 11.2. The number of halogens is 1. The first-order chi connectivity index (χ1) is 18.9. The van der Waals surface area contributed by atoms with Crippen molar-refractivity contribution >= 4 is 29.1 Å². The number of benzene rings is 3. The standard InChI is InChI=1S/C31H34ClN3O4/c1-21-6-4-5-7-28(21)33-14-16-34(17-15-33)31(37)27-20-35(30(36)22-8-10-23(32)11-9-22)19-26(27)25-18-24(38-2)12-13-29(25)39-3/h4-13,18,26-27H,14-17,19-20H2,1-3H3. The van der Waals surface area contributed by atoms with E-state index in [4.69, 9.17) is 21.1 Å². The summed E-state index contributed by atoms with van der Waals surface area (Å²) in [6.07, 6.45) is 0. The molecule has 7 nitrogen and oxygen atoms in total. The van der Waals surface area contributed by atoms with Crippen molar-refractivity contribution in [1.29, 1.82) is 0 Å². The Morgan fingerprint density at radius 2 is 1.56 bits per heavy atom.